The van der Waals surface area contributed by atoms with E-state index in [1.54, 1.807) is 11.4 Å². The smallest absolute Gasteiger partial charge is 0.211 e. The van der Waals surface area contributed by atoms with Gasteiger partial charge in [0.2, 0.25) is 10.0 Å². The number of rotatable bonds is 3. The molecule has 0 amide bonds. The summed E-state index contributed by atoms with van der Waals surface area (Å²) in [6.45, 7) is 2.69. The molecule has 0 saturated carbocycles. The van der Waals surface area contributed by atoms with Gasteiger partial charge in [-0.25, -0.2) is 8.42 Å². The van der Waals surface area contributed by atoms with Gasteiger partial charge < -0.3 is 4.74 Å². The molecule has 2 rings (SSSR count). The van der Waals surface area contributed by atoms with Crippen LogP contribution in [0, 0.1) is 5.92 Å². The molecule has 0 aliphatic carbocycles. The average Bonchev–Trinajstić information content (AvgIpc) is 2.71. The van der Waals surface area contributed by atoms with E-state index in [1.807, 2.05) is 24.3 Å². The van der Waals surface area contributed by atoms with Crippen LogP contribution in [-0.4, -0.2) is 32.6 Å². The highest BCUT2D eigenvalue weighted by atomic mass is 32.2. The first-order valence-electron chi connectivity index (χ1n) is 6.02. The van der Waals surface area contributed by atoms with Crippen molar-refractivity contribution in [3.8, 4) is 5.75 Å². The minimum Gasteiger partial charge on any atom is -0.497 e. The Balaban J connectivity index is 2.30. The molecule has 18 heavy (non-hydrogen) atoms. The Hall–Kier alpha value is -1.07. The molecule has 0 unspecified atom stereocenters. The molecule has 1 aliphatic rings. The summed E-state index contributed by atoms with van der Waals surface area (Å²) in [5.74, 6) is 1.18. The molecule has 100 valence electrons. The normalized spacial score (nSPS) is 25.3. The van der Waals surface area contributed by atoms with Crippen LogP contribution < -0.4 is 4.74 Å². The monoisotopic (exact) mass is 269 g/mol. The van der Waals surface area contributed by atoms with Gasteiger partial charge in [0.15, 0.2) is 0 Å². The van der Waals surface area contributed by atoms with Crippen molar-refractivity contribution >= 4 is 10.0 Å². The summed E-state index contributed by atoms with van der Waals surface area (Å²) in [6, 6.07) is 7.60. The van der Waals surface area contributed by atoms with Gasteiger partial charge in [0.05, 0.1) is 13.4 Å². The summed E-state index contributed by atoms with van der Waals surface area (Å²) in [5, 5.41) is 0. The molecule has 0 radical (unpaired) electrons. The van der Waals surface area contributed by atoms with Crippen molar-refractivity contribution in [1.82, 2.24) is 4.31 Å². The molecule has 1 aliphatic heterocycles. The van der Waals surface area contributed by atoms with Gasteiger partial charge in [-0.1, -0.05) is 19.1 Å². The first-order chi connectivity index (χ1) is 8.41. The van der Waals surface area contributed by atoms with Crippen molar-refractivity contribution in [3.63, 3.8) is 0 Å². The molecule has 4 nitrogen and oxygen atoms in total. The molecule has 0 bridgehead atoms. The molecule has 0 spiro atoms. The van der Waals surface area contributed by atoms with E-state index in [2.05, 4.69) is 6.92 Å². The van der Waals surface area contributed by atoms with Crippen molar-refractivity contribution in [3.05, 3.63) is 29.8 Å². The number of ether oxygens (including phenoxy) is 1. The molecule has 1 fully saturated rings. The van der Waals surface area contributed by atoms with Crippen LogP contribution in [-0.2, 0) is 10.0 Å². The average molecular weight is 269 g/mol. The fourth-order valence-electron chi connectivity index (χ4n) is 2.50. The lowest BCUT2D eigenvalue weighted by Crippen LogP contribution is -2.29. The minimum absolute atomic E-state index is 0.0408. The summed E-state index contributed by atoms with van der Waals surface area (Å²) in [4.78, 5) is 0. The number of sulfonamides is 1. The van der Waals surface area contributed by atoms with Gasteiger partial charge in [-0.05, 0) is 30.0 Å². The van der Waals surface area contributed by atoms with Crippen molar-refractivity contribution in [2.75, 3.05) is 19.9 Å². The summed E-state index contributed by atoms with van der Waals surface area (Å²) < 4.78 is 30.3. The second-order valence-electron chi connectivity index (χ2n) is 4.96. The third-order valence-corrected chi connectivity index (χ3v) is 4.65. The van der Waals surface area contributed by atoms with Crippen LogP contribution in [0.2, 0.25) is 0 Å². The zero-order valence-corrected chi connectivity index (χ0v) is 11.8. The van der Waals surface area contributed by atoms with Crippen molar-refractivity contribution < 1.29 is 13.2 Å². The summed E-state index contributed by atoms with van der Waals surface area (Å²) >= 11 is 0. The number of hydrogen-bond acceptors (Lipinski definition) is 3. The Morgan fingerprint density at radius 2 is 1.89 bits per heavy atom. The lowest BCUT2D eigenvalue weighted by Gasteiger charge is -2.22. The van der Waals surface area contributed by atoms with Crippen LogP contribution in [0.1, 0.15) is 24.9 Å². The number of hydrogen-bond donors (Lipinski definition) is 0. The molecular weight excluding hydrogens is 250 g/mol. The SMILES string of the molecule is COc1ccc([C@@H]2C[C@H](C)CN2S(C)(=O)=O)cc1. The van der Waals surface area contributed by atoms with Crippen LogP contribution in [0.3, 0.4) is 0 Å². The van der Waals surface area contributed by atoms with E-state index in [9.17, 15) is 8.42 Å². The van der Waals surface area contributed by atoms with Gasteiger partial charge in [0.25, 0.3) is 0 Å². The quantitative estimate of drug-likeness (QED) is 0.843. The molecule has 0 aromatic heterocycles. The van der Waals surface area contributed by atoms with Crippen LogP contribution >= 0.6 is 0 Å². The fraction of sp³-hybridized carbons (Fsp3) is 0.538. The number of benzene rings is 1. The molecule has 1 heterocycles. The van der Waals surface area contributed by atoms with E-state index in [0.29, 0.717) is 12.5 Å². The molecular formula is C13H19NO3S. The zero-order chi connectivity index (χ0) is 13.3. The van der Waals surface area contributed by atoms with E-state index in [-0.39, 0.29) is 6.04 Å². The Bertz CT molecular complexity index is 510. The highest BCUT2D eigenvalue weighted by Gasteiger charge is 2.36. The molecule has 1 aromatic carbocycles. The van der Waals surface area contributed by atoms with Crippen molar-refractivity contribution in [1.29, 1.82) is 0 Å². The molecule has 5 heteroatoms. The van der Waals surface area contributed by atoms with E-state index in [0.717, 1.165) is 17.7 Å². The molecule has 2 atom stereocenters. The first-order valence-corrected chi connectivity index (χ1v) is 7.87. The third kappa shape index (κ3) is 2.67. The van der Waals surface area contributed by atoms with Gasteiger partial charge in [-0.3, -0.25) is 0 Å². The maximum atomic E-state index is 11.8. The van der Waals surface area contributed by atoms with Crippen molar-refractivity contribution in [2.24, 2.45) is 5.92 Å². The molecule has 1 saturated heterocycles. The summed E-state index contributed by atoms with van der Waals surface area (Å²) in [6.07, 6.45) is 2.15. The predicted molar refractivity (Wildman–Crippen MR) is 71.1 cm³/mol. The van der Waals surface area contributed by atoms with Crippen LogP contribution in [0.15, 0.2) is 24.3 Å². The lowest BCUT2D eigenvalue weighted by atomic mass is 10.0. The van der Waals surface area contributed by atoms with Crippen LogP contribution in [0.25, 0.3) is 0 Å². The van der Waals surface area contributed by atoms with Crippen LogP contribution in [0.4, 0.5) is 0 Å². The van der Waals surface area contributed by atoms with Gasteiger partial charge in [0.1, 0.15) is 5.75 Å². The number of methoxy groups -OCH3 is 1. The minimum atomic E-state index is -3.15. The maximum absolute atomic E-state index is 11.8. The second kappa shape index (κ2) is 4.90. The Morgan fingerprint density at radius 1 is 1.28 bits per heavy atom. The Morgan fingerprint density at radius 3 is 2.39 bits per heavy atom. The van der Waals surface area contributed by atoms with E-state index in [4.69, 9.17) is 4.74 Å². The van der Waals surface area contributed by atoms with Gasteiger partial charge in [0, 0.05) is 12.6 Å². The zero-order valence-electron chi connectivity index (χ0n) is 11.0. The summed E-state index contributed by atoms with van der Waals surface area (Å²) in [7, 11) is -1.53. The highest BCUT2D eigenvalue weighted by molar-refractivity contribution is 7.88. The van der Waals surface area contributed by atoms with E-state index in [1.165, 1.54) is 6.26 Å². The molecule has 1 aromatic rings. The Kier molecular flexibility index (Phi) is 3.64. The third-order valence-electron chi connectivity index (χ3n) is 3.39. The van der Waals surface area contributed by atoms with E-state index >= 15 is 0 Å². The predicted octanol–water partition coefficient (Wildman–Crippen LogP) is 2.04. The standard InChI is InChI=1S/C13H19NO3S/c1-10-8-13(14(9-10)18(3,15)16)11-4-6-12(17-2)7-5-11/h4-7,10,13H,8-9H2,1-3H3/t10-,13-/m0/s1. The maximum Gasteiger partial charge on any atom is 0.211 e. The van der Waals surface area contributed by atoms with E-state index < -0.39 is 10.0 Å². The lowest BCUT2D eigenvalue weighted by molar-refractivity contribution is 0.396. The highest BCUT2D eigenvalue weighted by Crippen LogP contribution is 2.37. The van der Waals surface area contributed by atoms with Gasteiger partial charge in [-0.15, -0.1) is 0 Å². The molecule has 0 N–H and O–H groups in total. The first kappa shape index (κ1) is 13.4. The van der Waals surface area contributed by atoms with Crippen molar-refractivity contribution in [2.45, 2.75) is 19.4 Å². The van der Waals surface area contributed by atoms with Gasteiger partial charge in [-0.2, -0.15) is 4.31 Å². The van der Waals surface area contributed by atoms with Crippen LogP contribution in [0.5, 0.6) is 5.75 Å². The summed E-state index contributed by atoms with van der Waals surface area (Å²) in [5.41, 5.74) is 1.03. The fourth-order valence-corrected chi connectivity index (χ4v) is 3.70. The van der Waals surface area contributed by atoms with Gasteiger partial charge >= 0.3 is 0 Å². The topological polar surface area (TPSA) is 46.6 Å². The largest absolute Gasteiger partial charge is 0.497 e. The number of nitrogens with zero attached hydrogens (tertiary/aromatic N) is 1. The Labute approximate surface area is 109 Å². The second-order valence-corrected chi connectivity index (χ2v) is 6.90.